The highest BCUT2D eigenvalue weighted by Gasteiger charge is 2.18. The van der Waals surface area contributed by atoms with Crippen LogP contribution in [0.3, 0.4) is 0 Å². The van der Waals surface area contributed by atoms with E-state index >= 15 is 0 Å². The fourth-order valence-electron chi connectivity index (χ4n) is 3.19. The summed E-state index contributed by atoms with van der Waals surface area (Å²) in [5.41, 5.74) is 1.15. The van der Waals surface area contributed by atoms with Gasteiger partial charge in [-0.2, -0.15) is 0 Å². The van der Waals surface area contributed by atoms with Crippen LogP contribution in [0.5, 0.6) is 11.5 Å². The quantitative estimate of drug-likeness (QED) is 0.570. The van der Waals surface area contributed by atoms with E-state index in [2.05, 4.69) is 32.2 Å². The zero-order valence-electron chi connectivity index (χ0n) is 17.6. The Morgan fingerprint density at radius 1 is 0.966 bits per heavy atom. The van der Waals surface area contributed by atoms with Gasteiger partial charge in [-0.05, 0) is 46.9 Å². The highest BCUT2D eigenvalue weighted by atomic mass is 16.5. The van der Waals surface area contributed by atoms with Crippen molar-refractivity contribution in [2.45, 2.75) is 39.2 Å². The van der Waals surface area contributed by atoms with Crippen LogP contribution in [0.25, 0.3) is 10.8 Å². The summed E-state index contributed by atoms with van der Waals surface area (Å²) in [5.74, 6) is 1.38. The average Bonchev–Trinajstić information content (AvgIpc) is 2.70. The lowest BCUT2D eigenvalue weighted by Gasteiger charge is -2.22. The number of hydrogen-bond donors (Lipinski definition) is 1. The van der Waals surface area contributed by atoms with Crippen molar-refractivity contribution in [2.75, 3.05) is 13.2 Å². The predicted octanol–water partition coefficient (Wildman–Crippen LogP) is 5.10. The minimum Gasteiger partial charge on any atom is -0.491 e. The summed E-state index contributed by atoms with van der Waals surface area (Å²) in [5, 5.41) is 5.11. The zero-order valence-corrected chi connectivity index (χ0v) is 17.6. The van der Waals surface area contributed by atoms with Crippen LogP contribution in [0.1, 0.15) is 33.3 Å². The van der Waals surface area contributed by atoms with Crippen LogP contribution >= 0.6 is 0 Å². The molecule has 29 heavy (non-hydrogen) atoms. The number of para-hydroxylation sites is 1. The lowest BCUT2D eigenvalue weighted by molar-refractivity contribution is -0.127. The molecule has 1 amide bonds. The molecule has 3 rings (SSSR count). The minimum absolute atomic E-state index is 0.00203. The molecule has 0 aromatic heterocycles. The van der Waals surface area contributed by atoms with Gasteiger partial charge in [0.05, 0.1) is 6.54 Å². The molecule has 0 unspecified atom stereocenters. The Bertz CT molecular complexity index is 975. The first-order valence-electron chi connectivity index (χ1n) is 10.00. The molecule has 4 nitrogen and oxygen atoms in total. The molecule has 0 fully saturated rings. The Hall–Kier alpha value is -3.01. The summed E-state index contributed by atoms with van der Waals surface area (Å²) in [4.78, 5) is 12.4. The molecule has 1 N–H and O–H groups in total. The maximum absolute atomic E-state index is 12.4. The van der Waals surface area contributed by atoms with E-state index in [0.717, 1.165) is 22.1 Å². The number of fused-ring (bicyclic) bond motifs is 1. The first kappa shape index (κ1) is 20.7. The number of carbonyl (C=O) groups excluding carboxylic acids is 1. The van der Waals surface area contributed by atoms with Crippen molar-refractivity contribution in [3.63, 3.8) is 0 Å². The minimum atomic E-state index is -0.585. The Morgan fingerprint density at radius 3 is 2.41 bits per heavy atom. The first-order valence-corrected chi connectivity index (χ1v) is 10.00. The van der Waals surface area contributed by atoms with Crippen LogP contribution in [0.2, 0.25) is 0 Å². The van der Waals surface area contributed by atoms with Crippen molar-refractivity contribution in [1.82, 2.24) is 5.32 Å². The number of nitrogens with one attached hydrogen (secondary N) is 1. The average molecular weight is 392 g/mol. The standard InChI is InChI=1S/C25H29NO3/c1-18(29-21-14-13-19-9-5-6-10-20(19)17-21)24(27)26-15-16-28-23-12-8-7-11-22(23)25(2,3)4/h5-14,17-18H,15-16H2,1-4H3,(H,26,27)/t18-/m0/s1. The van der Waals surface area contributed by atoms with Gasteiger partial charge in [-0.3, -0.25) is 4.79 Å². The van der Waals surface area contributed by atoms with E-state index in [4.69, 9.17) is 9.47 Å². The number of ether oxygens (including phenoxy) is 2. The van der Waals surface area contributed by atoms with E-state index in [0.29, 0.717) is 18.9 Å². The molecule has 0 saturated heterocycles. The van der Waals surface area contributed by atoms with Gasteiger partial charge < -0.3 is 14.8 Å². The van der Waals surface area contributed by atoms with E-state index in [1.54, 1.807) is 6.92 Å². The van der Waals surface area contributed by atoms with Crippen molar-refractivity contribution >= 4 is 16.7 Å². The van der Waals surface area contributed by atoms with Gasteiger partial charge in [-0.25, -0.2) is 0 Å². The van der Waals surface area contributed by atoms with Crippen LogP contribution in [-0.2, 0) is 10.2 Å². The van der Waals surface area contributed by atoms with Gasteiger partial charge >= 0.3 is 0 Å². The molecule has 0 aliphatic rings. The van der Waals surface area contributed by atoms with Gasteiger partial charge in [-0.1, -0.05) is 69.3 Å². The second-order valence-electron chi connectivity index (χ2n) is 8.15. The molecule has 3 aromatic carbocycles. The first-order chi connectivity index (χ1) is 13.8. The van der Waals surface area contributed by atoms with Gasteiger partial charge in [0.2, 0.25) is 0 Å². The van der Waals surface area contributed by atoms with Crippen molar-refractivity contribution in [2.24, 2.45) is 0 Å². The van der Waals surface area contributed by atoms with Crippen LogP contribution in [0.4, 0.5) is 0 Å². The summed E-state index contributed by atoms with van der Waals surface area (Å²) in [6.45, 7) is 9.04. The fraction of sp³-hybridized carbons (Fsp3) is 0.320. The molecule has 152 valence electrons. The van der Waals surface area contributed by atoms with Gasteiger partial charge in [0, 0.05) is 0 Å². The molecular formula is C25H29NO3. The van der Waals surface area contributed by atoms with Crippen LogP contribution in [0.15, 0.2) is 66.7 Å². The van der Waals surface area contributed by atoms with Crippen molar-refractivity contribution in [3.05, 3.63) is 72.3 Å². The van der Waals surface area contributed by atoms with Gasteiger partial charge in [0.1, 0.15) is 18.1 Å². The summed E-state index contributed by atoms with van der Waals surface area (Å²) < 4.78 is 11.7. The molecule has 0 heterocycles. The van der Waals surface area contributed by atoms with Crippen molar-refractivity contribution in [3.8, 4) is 11.5 Å². The van der Waals surface area contributed by atoms with E-state index in [9.17, 15) is 4.79 Å². The van der Waals surface area contributed by atoms with Crippen LogP contribution in [-0.4, -0.2) is 25.2 Å². The summed E-state index contributed by atoms with van der Waals surface area (Å²) in [6.07, 6.45) is -0.585. The number of carbonyl (C=O) groups is 1. The third-order valence-corrected chi connectivity index (χ3v) is 4.76. The third kappa shape index (κ3) is 5.50. The predicted molar refractivity (Wildman–Crippen MR) is 118 cm³/mol. The molecule has 1 atom stereocenters. The Morgan fingerprint density at radius 2 is 1.66 bits per heavy atom. The Labute approximate surface area is 172 Å². The molecule has 0 aliphatic carbocycles. The lowest BCUT2D eigenvalue weighted by Crippen LogP contribution is -2.38. The molecule has 0 radical (unpaired) electrons. The number of hydrogen-bond acceptors (Lipinski definition) is 3. The fourth-order valence-corrected chi connectivity index (χ4v) is 3.19. The zero-order chi connectivity index (χ0) is 20.9. The van der Waals surface area contributed by atoms with Gasteiger partial charge in [-0.15, -0.1) is 0 Å². The van der Waals surface area contributed by atoms with Crippen LogP contribution in [0, 0.1) is 0 Å². The molecule has 4 heteroatoms. The maximum atomic E-state index is 12.4. The normalized spacial score (nSPS) is 12.4. The number of rotatable bonds is 7. The second-order valence-corrected chi connectivity index (χ2v) is 8.15. The van der Waals surface area contributed by atoms with Gasteiger partial charge in [0.15, 0.2) is 6.10 Å². The summed E-state index contributed by atoms with van der Waals surface area (Å²) in [7, 11) is 0. The summed E-state index contributed by atoms with van der Waals surface area (Å²) >= 11 is 0. The molecule has 0 aliphatic heterocycles. The highest BCUT2D eigenvalue weighted by Crippen LogP contribution is 2.30. The van der Waals surface area contributed by atoms with E-state index in [1.165, 1.54) is 0 Å². The number of amides is 1. The monoisotopic (exact) mass is 391 g/mol. The van der Waals surface area contributed by atoms with Crippen molar-refractivity contribution < 1.29 is 14.3 Å². The summed E-state index contributed by atoms with van der Waals surface area (Å²) in [6, 6.07) is 21.9. The second kappa shape index (κ2) is 8.99. The van der Waals surface area contributed by atoms with Crippen molar-refractivity contribution in [1.29, 1.82) is 0 Å². The third-order valence-electron chi connectivity index (χ3n) is 4.76. The SMILES string of the molecule is C[C@H](Oc1ccc2ccccc2c1)C(=O)NCCOc1ccccc1C(C)(C)C. The smallest absolute Gasteiger partial charge is 0.260 e. The maximum Gasteiger partial charge on any atom is 0.260 e. The topological polar surface area (TPSA) is 47.6 Å². The molecule has 0 bridgehead atoms. The Kier molecular flexibility index (Phi) is 6.42. The highest BCUT2D eigenvalue weighted by molar-refractivity contribution is 5.84. The molecular weight excluding hydrogens is 362 g/mol. The number of benzene rings is 3. The molecule has 0 saturated carbocycles. The molecule has 0 spiro atoms. The lowest BCUT2D eigenvalue weighted by atomic mass is 9.86. The van der Waals surface area contributed by atoms with E-state index in [-0.39, 0.29) is 11.3 Å². The Balaban J connectivity index is 1.49. The largest absolute Gasteiger partial charge is 0.491 e. The molecule has 3 aromatic rings. The van der Waals surface area contributed by atoms with E-state index < -0.39 is 6.10 Å². The van der Waals surface area contributed by atoms with Gasteiger partial charge in [0.25, 0.3) is 5.91 Å². The van der Waals surface area contributed by atoms with Crippen LogP contribution < -0.4 is 14.8 Å². The van der Waals surface area contributed by atoms with E-state index in [1.807, 2.05) is 60.7 Å².